The second-order valence-electron chi connectivity index (χ2n) is 8.08. The van der Waals surface area contributed by atoms with Gasteiger partial charge in [0.05, 0.1) is 41.6 Å². The van der Waals surface area contributed by atoms with Gasteiger partial charge in [0.15, 0.2) is 0 Å². The van der Waals surface area contributed by atoms with Crippen LogP contribution in [0.3, 0.4) is 0 Å². The van der Waals surface area contributed by atoms with Crippen LogP contribution >= 0.6 is 0 Å². The molecular formula is C23H31N7O5S. The summed E-state index contributed by atoms with van der Waals surface area (Å²) in [7, 11) is -1.99. The fourth-order valence-corrected chi connectivity index (χ4v) is 4.67. The van der Waals surface area contributed by atoms with Gasteiger partial charge in [-0.05, 0) is 44.4 Å². The smallest absolute Gasteiger partial charge is 0.237 e. The highest BCUT2D eigenvalue weighted by atomic mass is 32.2. The van der Waals surface area contributed by atoms with E-state index >= 15 is 0 Å². The summed E-state index contributed by atoms with van der Waals surface area (Å²) in [5.41, 5.74) is 1.67. The zero-order valence-electron chi connectivity index (χ0n) is 19.9. The summed E-state index contributed by atoms with van der Waals surface area (Å²) in [4.78, 5) is 34.3. The number of rotatable bonds is 12. The third kappa shape index (κ3) is 6.49. The molecular weight excluding hydrogens is 486 g/mol. The summed E-state index contributed by atoms with van der Waals surface area (Å²) in [5, 5.41) is 2.37. The molecule has 2 N–H and O–H groups in total. The minimum atomic E-state index is -3.53. The summed E-state index contributed by atoms with van der Waals surface area (Å²) in [5.74, 6) is -0.388. The SMILES string of the molecule is CCOc1cncc(-c2ccc(NC(=O)C(CCOC)c3ccnc(NS(=O)(=O)C4CC4)n3)nc2)n1.[HH].[HH]. The quantitative estimate of drug-likeness (QED) is 0.366. The number of aromatic nitrogens is 5. The molecule has 3 heterocycles. The van der Waals surface area contributed by atoms with Crippen LogP contribution in [0, 0.1) is 0 Å². The fourth-order valence-electron chi connectivity index (χ4n) is 3.39. The largest absolute Gasteiger partial charge is 0.477 e. The number of methoxy groups -OCH3 is 1. The molecule has 0 saturated heterocycles. The Morgan fingerprint density at radius 3 is 2.69 bits per heavy atom. The second-order valence-corrected chi connectivity index (χ2v) is 10.0. The van der Waals surface area contributed by atoms with Crippen molar-refractivity contribution in [3.8, 4) is 17.1 Å². The van der Waals surface area contributed by atoms with Gasteiger partial charge in [-0.1, -0.05) is 0 Å². The molecule has 36 heavy (non-hydrogen) atoms. The Morgan fingerprint density at radius 1 is 1.17 bits per heavy atom. The Bertz CT molecular complexity index is 1310. The lowest BCUT2D eigenvalue weighted by Crippen LogP contribution is -2.25. The molecule has 4 rings (SSSR count). The Morgan fingerprint density at radius 2 is 2.00 bits per heavy atom. The Labute approximate surface area is 212 Å². The van der Waals surface area contributed by atoms with Gasteiger partial charge in [0.1, 0.15) is 5.82 Å². The van der Waals surface area contributed by atoms with Crippen LogP contribution in [-0.4, -0.2) is 64.8 Å². The first-order chi connectivity index (χ1) is 17.4. The highest BCUT2D eigenvalue weighted by molar-refractivity contribution is 7.93. The highest BCUT2D eigenvalue weighted by Gasteiger charge is 2.36. The van der Waals surface area contributed by atoms with E-state index in [1.54, 1.807) is 30.6 Å². The van der Waals surface area contributed by atoms with Crippen molar-refractivity contribution in [1.29, 1.82) is 0 Å². The maximum atomic E-state index is 13.2. The number of carbonyl (C=O) groups excluding carboxylic acids is 1. The van der Waals surface area contributed by atoms with Crippen LogP contribution in [0.1, 0.15) is 40.7 Å². The van der Waals surface area contributed by atoms with Crippen molar-refractivity contribution in [2.45, 2.75) is 37.4 Å². The summed E-state index contributed by atoms with van der Waals surface area (Å²) >= 11 is 0. The first-order valence-corrected chi connectivity index (χ1v) is 13.0. The van der Waals surface area contributed by atoms with E-state index in [2.05, 4.69) is 35.0 Å². The van der Waals surface area contributed by atoms with Crippen molar-refractivity contribution in [2.75, 3.05) is 30.4 Å². The summed E-state index contributed by atoms with van der Waals surface area (Å²) in [6, 6.07) is 5.00. The van der Waals surface area contributed by atoms with Gasteiger partial charge < -0.3 is 14.8 Å². The lowest BCUT2D eigenvalue weighted by Gasteiger charge is -2.16. The number of carbonyl (C=O) groups is 1. The standard InChI is InChI=1S/C23H27N7O5S.2H2/c1-3-35-21-14-24-13-19(27-21)15-4-7-20(26-12-15)29-22(31)17(9-11-34-2)18-8-10-25-23(28-18)30-36(32,33)16-5-6-16;;/h4,7-8,10,12-14,16-17H,3,5-6,9,11H2,1-2H3,(H,25,28,30)(H,26,29,31);2*1H. The van der Waals surface area contributed by atoms with Crippen LogP contribution in [0.15, 0.2) is 43.0 Å². The van der Waals surface area contributed by atoms with E-state index in [0.717, 1.165) is 0 Å². The monoisotopic (exact) mass is 517 g/mol. The van der Waals surface area contributed by atoms with Crippen molar-refractivity contribution in [3.63, 3.8) is 0 Å². The molecule has 1 aliphatic carbocycles. The maximum absolute atomic E-state index is 13.2. The lowest BCUT2D eigenvalue weighted by atomic mass is 10.0. The first kappa shape index (κ1) is 25.4. The van der Waals surface area contributed by atoms with Crippen molar-refractivity contribution in [1.82, 2.24) is 24.9 Å². The molecule has 12 nitrogen and oxygen atoms in total. The molecule has 13 heteroatoms. The van der Waals surface area contributed by atoms with Crippen molar-refractivity contribution in [2.24, 2.45) is 0 Å². The van der Waals surface area contributed by atoms with E-state index < -0.39 is 21.2 Å². The lowest BCUT2D eigenvalue weighted by molar-refractivity contribution is -0.118. The van der Waals surface area contributed by atoms with E-state index in [9.17, 15) is 13.2 Å². The molecule has 0 aliphatic heterocycles. The third-order valence-corrected chi connectivity index (χ3v) is 7.19. The summed E-state index contributed by atoms with van der Waals surface area (Å²) in [6.07, 6.45) is 7.69. The number of hydrogen-bond acceptors (Lipinski definition) is 10. The van der Waals surface area contributed by atoms with Gasteiger partial charge >= 0.3 is 0 Å². The maximum Gasteiger partial charge on any atom is 0.237 e. The zero-order valence-corrected chi connectivity index (χ0v) is 20.7. The highest BCUT2D eigenvalue weighted by Crippen LogP contribution is 2.29. The van der Waals surface area contributed by atoms with Crippen LogP contribution in [0.2, 0.25) is 0 Å². The molecule has 0 radical (unpaired) electrons. The van der Waals surface area contributed by atoms with Gasteiger partial charge in [0.2, 0.25) is 27.8 Å². The molecule has 3 aromatic heterocycles. The average Bonchev–Trinajstić information content (AvgIpc) is 3.72. The Kier molecular flexibility index (Phi) is 8.00. The molecule has 1 amide bonds. The molecule has 1 unspecified atom stereocenters. The molecule has 0 aromatic carbocycles. The van der Waals surface area contributed by atoms with E-state index in [1.807, 2.05) is 6.92 Å². The number of amides is 1. The molecule has 3 aromatic rings. The van der Waals surface area contributed by atoms with E-state index in [4.69, 9.17) is 9.47 Å². The average molecular weight is 518 g/mol. The number of ether oxygens (including phenoxy) is 2. The van der Waals surface area contributed by atoms with Gasteiger partial charge in [0, 0.05) is 34.5 Å². The summed E-state index contributed by atoms with van der Waals surface area (Å²) < 4.78 is 37.5. The predicted molar refractivity (Wildman–Crippen MR) is 136 cm³/mol. The molecule has 1 atom stereocenters. The molecule has 1 saturated carbocycles. The molecule has 0 spiro atoms. The first-order valence-electron chi connectivity index (χ1n) is 11.4. The number of hydrogen-bond donors (Lipinski definition) is 2. The van der Waals surface area contributed by atoms with Crippen LogP contribution in [0.5, 0.6) is 5.88 Å². The topological polar surface area (TPSA) is 158 Å². The van der Waals surface area contributed by atoms with Gasteiger partial charge in [-0.15, -0.1) is 0 Å². The number of nitrogens with one attached hydrogen (secondary N) is 2. The van der Waals surface area contributed by atoms with Crippen molar-refractivity contribution < 1.29 is 25.5 Å². The van der Waals surface area contributed by atoms with Crippen LogP contribution < -0.4 is 14.8 Å². The van der Waals surface area contributed by atoms with E-state index in [1.165, 1.54) is 19.5 Å². The number of pyridine rings is 1. The van der Waals surface area contributed by atoms with E-state index in [0.29, 0.717) is 61.1 Å². The molecule has 194 valence electrons. The predicted octanol–water partition coefficient (Wildman–Crippen LogP) is 2.88. The van der Waals surface area contributed by atoms with Gasteiger partial charge in [0.25, 0.3) is 0 Å². The molecule has 0 bridgehead atoms. The second kappa shape index (κ2) is 11.4. The Hall–Kier alpha value is -3.71. The van der Waals surface area contributed by atoms with Gasteiger partial charge in [-0.2, -0.15) is 0 Å². The molecule has 1 aliphatic rings. The van der Waals surface area contributed by atoms with Gasteiger partial charge in [-0.3, -0.25) is 14.5 Å². The number of nitrogens with zero attached hydrogens (tertiary/aromatic N) is 5. The van der Waals surface area contributed by atoms with Crippen molar-refractivity contribution in [3.05, 3.63) is 48.7 Å². The minimum Gasteiger partial charge on any atom is -0.477 e. The molecule has 1 fully saturated rings. The Balaban J connectivity index is 0.00000253. The fraction of sp³-hybridized carbons (Fsp3) is 0.391. The minimum absolute atomic E-state index is 0. The van der Waals surface area contributed by atoms with Crippen LogP contribution in [0.25, 0.3) is 11.3 Å². The number of anilines is 2. The zero-order chi connectivity index (χ0) is 25.5. The number of sulfonamides is 1. The van der Waals surface area contributed by atoms with E-state index in [-0.39, 0.29) is 14.7 Å². The third-order valence-electron chi connectivity index (χ3n) is 5.37. The van der Waals surface area contributed by atoms with Crippen LogP contribution in [-0.2, 0) is 19.6 Å². The van der Waals surface area contributed by atoms with Crippen LogP contribution in [0.4, 0.5) is 11.8 Å². The summed E-state index contributed by atoms with van der Waals surface area (Å²) in [6.45, 7) is 2.64. The van der Waals surface area contributed by atoms with Gasteiger partial charge in [-0.25, -0.2) is 28.4 Å². The van der Waals surface area contributed by atoms with Crippen molar-refractivity contribution >= 4 is 27.7 Å². The normalized spacial score (nSPS) is 14.2.